The Balaban J connectivity index is 2.36. The van der Waals surface area contributed by atoms with Crippen LogP contribution in [0, 0.1) is 13.8 Å². The van der Waals surface area contributed by atoms with Crippen LogP contribution in [0.2, 0.25) is 0 Å². The lowest BCUT2D eigenvalue weighted by Crippen LogP contribution is -2.55. The summed E-state index contributed by atoms with van der Waals surface area (Å²) in [4.78, 5) is 28.2. The molecule has 2 aromatic rings. The number of hydrogen-bond acceptors (Lipinski definition) is 4. The zero-order valence-electron chi connectivity index (χ0n) is 21.3. The van der Waals surface area contributed by atoms with Gasteiger partial charge in [-0.1, -0.05) is 48.9 Å². The van der Waals surface area contributed by atoms with E-state index in [0.717, 1.165) is 21.0 Å². The van der Waals surface area contributed by atoms with Gasteiger partial charge in [-0.05, 0) is 64.3 Å². The number of rotatable bonds is 9. The molecule has 1 N–H and O–H groups in total. The molecule has 0 aliphatic rings. The Kier molecular flexibility index (Phi) is 9.02. The van der Waals surface area contributed by atoms with Crippen molar-refractivity contribution in [2.24, 2.45) is 0 Å². The van der Waals surface area contributed by atoms with Crippen LogP contribution in [-0.2, 0) is 26.2 Å². The summed E-state index contributed by atoms with van der Waals surface area (Å²) in [5.41, 5.74) is 2.37. The molecule has 34 heavy (non-hydrogen) atoms. The number of hydrogen-bond donors (Lipinski definition) is 1. The SMILES string of the molecule is CCC(C(=O)NC(C)(C)C)N(Cc1ccccc1C)C(=O)CN(C)S(=O)(=O)c1ccc(C)cc1. The summed E-state index contributed by atoms with van der Waals surface area (Å²) in [6.07, 6.45) is 0.397. The van der Waals surface area contributed by atoms with Gasteiger partial charge in [0.25, 0.3) is 0 Å². The van der Waals surface area contributed by atoms with Crippen LogP contribution in [0.15, 0.2) is 53.4 Å². The van der Waals surface area contributed by atoms with Gasteiger partial charge in [0.15, 0.2) is 0 Å². The van der Waals surface area contributed by atoms with Gasteiger partial charge in [-0.3, -0.25) is 9.59 Å². The highest BCUT2D eigenvalue weighted by Gasteiger charge is 2.33. The number of nitrogens with zero attached hydrogens (tertiary/aromatic N) is 2. The molecule has 2 rings (SSSR count). The second-order valence-corrected chi connectivity index (χ2v) is 11.7. The number of sulfonamides is 1. The monoisotopic (exact) mass is 487 g/mol. The predicted molar refractivity (Wildman–Crippen MR) is 135 cm³/mol. The quantitative estimate of drug-likeness (QED) is 0.585. The van der Waals surface area contributed by atoms with E-state index in [4.69, 9.17) is 0 Å². The lowest BCUT2D eigenvalue weighted by Gasteiger charge is -2.34. The van der Waals surface area contributed by atoms with Gasteiger partial charge in [0, 0.05) is 19.1 Å². The van der Waals surface area contributed by atoms with Crippen molar-refractivity contribution in [2.75, 3.05) is 13.6 Å². The molecule has 0 bridgehead atoms. The number of aryl methyl sites for hydroxylation is 2. The van der Waals surface area contributed by atoms with E-state index < -0.39 is 27.5 Å². The first-order chi connectivity index (χ1) is 15.8. The summed E-state index contributed by atoms with van der Waals surface area (Å²) in [5.74, 6) is -0.696. The fourth-order valence-corrected chi connectivity index (χ4v) is 4.72. The average molecular weight is 488 g/mol. The topological polar surface area (TPSA) is 86.8 Å². The Labute approximate surface area is 204 Å². The first-order valence-electron chi connectivity index (χ1n) is 11.4. The molecule has 2 amide bonds. The molecule has 8 heteroatoms. The minimum absolute atomic E-state index is 0.122. The van der Waals surface area contributed by atoms with E-state index in [-0.39, 0.29) is 23.9 Å². The molecule has 0 fully saturated rings. The number of nitrogens with one attached hydrogen (secondary N) is 1. The Morgan fingerprint density at radius 1 is 1.00 bits per heavy atom. The van der Waals surface area contributed by atoms with Crippen molar-refractivity contribution in [1.82, 2.24) is 14.5 Å². The summed E-state index contributed by atoms with van der Waals surface area (Å²) in [6.45, 7) is 11.1. The molecule has 0 saturated carbocycles. The summed E-state index contributed by atoms with van der Waals surface area (Å²) in [7, 11) is -2.48. The molecule has 0 spiro atoms. The van der Waals surface area contributed by atoms with Gasteiger partial charge < -0.3 is 10.2 Å². The minimum atomic E-state index is -3.86. The normalized spacial score (nSPS) is 12.9. The molecule has 2 aromatic carbocycles. The van der Waals surface area contributed by atoms with Crippen molar-refractivity contribution in [1.29, 1.82) is 0 Å². The van der Waals surface area contributed by atoms with Crippen LogP contribution >= 0.6 is 0 Å². The van der Waals surface area contributed by atoms with E-state index in [1.54, 1.807) is 12.1 Å². The van der Waals surface area contributed by atoms with Crippen LogP contribution < -0.4 is 5.32 Å². The number of benzene rings is 2. The van der Waals surface area contributed by atoms with Crippen molar-refractivity contribution < 1.29 is 18.0 Å². The number of amides is 2. The molecule has 1 atom stereocenters. The van der Waals surface area contributed by atoms with Crippen LogP contribution in [0.1, 0.15) is 50.8 Å². The lowest BCUT2D eigenvalue weighted by molar-refractivity contribution is -0.142. The maximum absolute atomic E-state index is 13.5. The van der Waals surface area contributed by atoms with Crippen LogP contribution in [0.3, 0.4) is 0 Å². The molecule has 0 aromatic heterocycles. The predicted octanol–water partition coefficient (Wildman–Crippen LogP) is 3.65. The van der Waals surface area contributed by atoms with Gasteiger partial charge in [-0.2, -0.15) is 4.31 Å². The van der Waals surface area contributed by atoms with E-state index in [9.17, 15) is 18.0 Å². The Bertz CT molecular complexity index is 1110. The van der Waals surface area contributed by atoms with Gasteiger partial charge in [0.1, 0.15) is 6.04 Å². The maximum atomic E-state index is 13.5. The highest BCUT2D eigenvalue weighted by atomic mass is 32.2. The van der Waals surface area contributed by atoms with Gasteiger partial charge >= 0.3 is 0 Å². The summed E-state index contributed by atoms with van der Waals surface area (Å²) in [6, 6.07) is 13.4. The van der Waals surface area contributed by atoms with E-state index in [1.165, 1.54) is 24.1 Å². The van der Waals surface area contributed by atoms with Crippen LogP contribution in [0.5, 0.6) is 0 Å². The van der Waals surface area contributed by atoms with E-state index >= 15 is 0 Å². The Hall–Kier alpha value is -2.71. The highest BCUT2D eigenvalue weighted by Crippen LogP contribution is 2.19. The third-order valence-corrected chi connectivity index (χ3v) is 7.39. The summed E-state index contributed by atoms with van der Waals surface area (Å²) in [5, 5.41) is 2.96. The second-order valence-electron chi connectivity index (χ2n) is 9.69. The molecular weight excluding hydrogens is 450 g/mol. The van der Waals surface area contributed by atoms with Crippen LogP contribution in [0.25, 0.3) is 0 Å². The zero-order chi connectivity index (χ0) is 25.7. The van der Waals surface area contributed by atoms with E-state index in [1.807, 2.05) is 65.8 Å². The fourth-order valence-electron chi connectivity index (χ4n) is 3.60. The molecule has 186 valence electrons. The Morgan fingerprint density at radius 3 is 2.12 bits per heavy atom. The summed E-state index contributed by atoms with van der Waals surface area (Å²) < 4.78 is 27.1. The largest absolute Gasteiger partial charge is 0.350 e. The molecule has 0 aliphatic carbocycles. The third-order valence-electron chi connectivity index (χ3n) is 5.57. The van der Waals surface area contributed by atoms with Crippen molar-refractivity contribution in [2.45, 2.75) is 71.0 Å². The first kappa shape index (κ1) is 27.5. The fraction of sp³-hybridized carbons (Fsp3) is 0.462. The van der Waals surface area contributed by atoms with Gasteiger partial charge in [0.2, 0.25) is 21.8 Å². The zero-order valence-corrected chi connectivity index (χ0v) is 22.1. The molecule has 0 radical (unpaired) electrons. The molecule has 7 nitrogen and oxygen atoms in total. The first-order valence-corrected chi connectivity index (χ1v) is 12.9. The van der Waals surface area contributed by atoms with Gasteiger partial charge in [0.05, 0.1) is 11.4 Å². The van der Waals surface area contributed by atoms with Crippen LogP contribution in [-0.4, -0.2) is 54.6 Å². The number of carbonyl (C=O) groups is 2. The molecule has 0 saturated heterocycles. The lowest BCUT2D eigenvalue weighted by atomic mass is 10.0. The molecular formula is C26H37N3O4S. The smallest absolute Gasteiger partial charge is 0.243 e. The summed E-state index contributed by atoms with van der Waals surface area (Å²) >= 11 is 0. The van der Waals surface area contributed by atoms with Crippen molar-refractivity contribution in [3.63, 3.8) is 0 Å². The third kappa shape index (κ3) is 7.14. The molecule has 0 aliphatic heterocycles. The molecule has 1 unspecified atom stereocenters. The maximum Gasteiger partial charge on any atom is 0.243 e. The second kappa shape index (κ2) is 11.1. The highest BCUT2D eigenvalue weighted by molar-refractivity contribution is 7.89. The minimum Gasteiger partial charge on any atom is -0.350 e. The van der Waals surface area contributed by atoms with Gasteiger partial charge in [-0.15, -0.1) is 0 Å². The van der Waals surface area contributed by atoms with Crippen LogP contribution in [0.4, 0.5) is 0 Å². The van der Waals surface area contributed by atoms with Gasteiger partial charge in [-0.25, -0.2) is 8.42 Å². The number of carbonyl (C=O) groups excluding carboxylic acids is 2. The van der Waals surface area contributed by atoms with E-state index in [2.05, 4.69) is 5.32 Å². The molecule has 0 heterocycles. The van der Waals surface area contributed by atoms with Crippen molar-refractivity contribution in [3.8, 4) is 0 Å². The van der Waals surface area contributed by atoms with E-state index in [0.29, 0.717) is 6.42 Å². The standard InChI is InChI=1S/C26H37N3O4S/c1-8-23(25(31)27-26(4,5)6)29(17-21-12-10-9-11-20(21)3)24(30)18-28(7)34(32,33)22-15-13-19(2)14-16-22/h9-16,23H,8,17-18H2,1-7H3,(H,27,31). The number of likely N-dealkylation sites (N-methyl/N-ethyl adjacent to an activating group) is 1. The van der Waals surface area contributed by atoms with Crippen molar-refractivity contribution in [3.05, 3.63) is 65.2 Å². The average Bonchev–Trinajstić information content (AvgIpc) is 2.73. The van der Waals surface area contributed by atoms with Crippen molar-refractivity contribution >= 4 is 21.8 Å². The Morgan fingerprint density at radius 2 is 1.59 bits per heavy atom.